The molecule has 6 heteroatoms. The molecule has 2 atom stereocenters. The van der Waals surface area contributed by atoms with Gasteiger partial charge < -0.3 is 19.8 Å². The van der Waals surface area contributed by atoms with Crippen molar-refractivity contribution in [3.8, 4) is 6.07 Å². The fraction of sp³-hybridized carbons (Fsp3) is 0.647. The molecular formula is C17H25N3O3. The number of nitrogens with one attached hydrogen (secondary N) is 2. The minimum Gasteiger partial charge on any atom is -0.449 e. The van der Waals surface area contributed by atoms with Gasteiger partial charge in [-0.2, -0.15) is 5.26 Å². The predicted molar refractivity (Wildman–Crippen MR) is 85.7 cm³/mol. The minimum atomic E-state index is -0.478. The number of rotatable bonds is 4. The Balaban J connectivity index is 1.77. The van der Waals surface area contributed by atoms with Crippen LogP contribution in [0.4, 0.5) is 4.79 Å². The van der Waals surface area contributed by atoms with E-state index in [0.29, 0.717) is 18.3 Å². The van der Waals surface area contributed by atoms with Crippen LogP contribution in [0.2, 0.25) is 0 Å². The van der Waals surface area contributed by atoms with E-state index in [1.54, 1.807) is 6.07 Å². The molecule has 0 aromatic carbocycles. The highest BCUT2D eigenvalue weighted by atomic mass is 16.6. The van der Waals surface area contributed by atoms with Gasteiger partial charge in [-0.15, -0.1) is 0 Å². The average molecular weight is 319 g/mol. The maximum Gasteiger partial charge on any atom is 0.407 e. The zero-order valence-electron chi connectivity index (χ0n) is 14.0. The van der Waals surface area contributed by atoms with E-state index in [2.05, 4.69) is 10.6 Å². The first kappa shape index (κ1) is 17.4. The van der Waals surface area contributed by atoms with E-state index in [0.717, 1.165) is 31.4 Å². The Labute approximate surface area is 137 Å². The SMILES string of the molecule is CC(C)(C)OC(=O)N[C@H]1CCC[C@@H](NCc2ccc(C#N)o2)C1. The lowest BCUT2D eigenvalue weighted by molar-refractivity contribution is 0.0488. The minimum absolute atomic E-state index is 0.127. The maximum atomic E-state index is 11.8. The Bertz CT molecular complexity index is 568. The summed E-state index contributed by atoms with van der Waals surface area (Å²) < 4.78 is 10.7. The number of ether oxygens (including phenoxy) is 1. The van der Waals surface area contributed by atoms with Gasteiger partial charge in [0.2, 0.25) is 5.76 Å². The summed E-state index contributed by atoms with van der Waals surface area (Å²) in [5, 5.41) is 15.1. The summed E-state index contributed by atoms with van der Waals surface area (Å²) in [7, 11) is 0. The number of nitrogens with zero attached hydrogens (tertiary/aromatic N) is 1. The van der Waals surface area contributed by atoms with Gasteiger partial charge in [0.25, 0.3) is 0 Å². The number of carbonyl (C=O) groups excluding carboxylic acids is 1. The van der Waals surface area contributed by atoms with Crippen molar-refractivity contribution in [2.45, 2.75) is 70.7 Å². The number of hydrogen-bond donors (Lipinski definition) is 2. The Kier molecular flexibility index (Phi) is 5.67. The number of amides is 1. The predicted octanol–water partition coefficient (Wildman–Crippen LogP) is 3.08. The van der Waals surface area contributed by atoms with Crippen LogP contribution in [0, 0.1) is 11.3 Å². The highest BCUT2D eigenvalue weighted by molar-refractivity contribution is 5.68. The van der Waals surface area contributed by atoms with Crippen LogP contribution in [0.3, 0.4) is 0 Å². The zero-order valence-corrected chi connectivity index (χ0v) is 14.0. The smallest absolute Gasteiger partial charge is 0.407 e. The molecule has 2 N–H and O–H groups in total. The summed E-state index contributed by atoms with van der Waals surface area (Å²) in [5.41, 5.74) is -0.478. The molecule has 1 saturated carbocycles. The van der Waals surface area contributed by atoms with E-state index in [4.69, 9.17) is 14.4 Å². The molecule has 0 saturated heterocycles. The van der Waals surface area contributed by atoms with Crippen molar-refractivity contribution in [3.05, 3.63) is 23.7 Å². The van der Waals surface area contributed by atoms with Crippen LogP contribution < -0.4 is 10.6 Å². The van der Waals surface area contributed by atoms with Crippen molar-refractivity contribution < 1.29 is 13.9 Å². The van der Waals surface area contributed by atoms with Crippen LogP contribution in [0.5, 0.6) is 0 Å². The van der Waals surface area contributed by atoms with Crippen molar-refractivity contribution in [2.75, 3.05) is 0 Å². The van der Waals surface area contributed by atoms with E-state index < -0.39 is 5.60 Å². The van der Waals surface area contributed by atoms with Crippen molar-refractivity contribution >= 4 is 6.09 Å². The molecule has 1 aromatic heterocycles. The monoisotopic (exact) mass is 319 g/mol. The molecule has 1 aromatic rings. The second-order valence-corrected chi connectivity index (χ2v) is 6.97. The molecule has 0 unspecified atom stereocenters. The summed E-state index contributed by atoms with van der Waals surface area (Å²) >= 11 is 0. The number of alkyl carbamates (subject to hydrolysis) is 1. The number of furan rings is 1. The van der Waals surface area contributed by atoms with Gasteiger partial charge in [0.1, 0.15) is 17.4 Å². The van der Waals surface area contributed by atoms with E-state index in [9.17, 15) is 4.79 Å². The van der Waals surface area contributed by atoms with Crippen LogP contribution in [-0.2, 0) is 11.3 Å². The highest BCUT2D eigenvalue weighted by Crippen LogP contribution is 2.20. The molecule has 0 bridgehead atoms. The van der Waals surface area contributed by atoms with Crippen molar-refractivity contribution in [2.24, 2.45) is 0 Å². The first-order valence-corrected chi connectivity index (χ1v) is 8.07. The molecule has 126 valence electrons. The third-order valence-corrected chi connectivity index (χ3v) is 3.73. The van der Waals surface area contributed by atoms with Crippen molar-refractivity contribution in [1.29, 1.82) is 5.26 Å². The first-order valence-electron chi connectivity index (χ1n) is 8.07. The van der Waals surface area contributed by atoms with Gasteiger partial charge in [0, 0.05) is 12.1 Å². The molecule has 0 radical (unpaired) electrons. The van der Waals surface area contributed by atoms with Crippen LogP contribution in [-0.4, -0.2) is 23.8 Å². The number of nitriles is 1. The summed E-state index contributed by atoms with van der Waals surface area (Å²) in [5.74, 6) is 1.08. The summed E-state index contributed by atoms with van der Waals surface area (Å²) in [6, 6.07) is 5.90. The lowest BCUT2D eigenvalue weighted by Gasteiger charge is -2.31. The normalized spacial score (nSPS) is 21.5. The topological polar surface area (TPSA) is 87.3 Å². The molecule has 23 heavy (non-hydrogen) atoms. The molecule has 0 spiro atoms. The van der Waals surface area contributed by atoms with Gasteiger partial charge in [0.15, 0.2) is 0 Å². The molecule has 0 aliphatic heterocycles. The molecule has 1 aliphatic rings. The Morgan fingerprint density at radius 1 is 1.39 bits per heavy atom. The van der Waals surface area contributed by atoms with E-state index in [1.165, 1.54) is 0 Å². The Hall–Kier alpha value is -2.00. The quantitative estimate of drug-likeness (QED) is 0.890. The fourth-order valence-corrected chi connectivity index (χ4v) is 2.76. The van der Waals surface area contributed by atoms with Crippen LogP contribution in [0.25, 0.3) is 0 Å². The van der Waals surface area contributed by atoms with Crippen LogP contribution >= 0.6 is 0 Å². The van der Waals surface area contributed by atoms with Gasteiger partial charge in [0.05, 0.1) is 6.54 Å². The summed E-state index contributed by atoms with van der Waals surface area (Å²) in [4.78, 5) is 11.8. The van der Waals surface area contributed by atoms with Gasteiger partial charge in [-0.25, -0.2) is 4.79 Å². The van der Waals surface area contributed by atoms with E-state index in [-0.39, 0.29) is 12.1 Å². The van der Waals surface area contributed by atoms with Crippen molar-refractivity contribution in [1.82, 2.24) is 10.6 Å². The number of hydrogen-bond acceptors (Lipinski definition) is 5. The lowest BCUT2D eigenvalue weighted by Crippen LogP contribution is -2.45. The van der Waals surface area contributed by atoms with Gasteiger partial charge >= 0.3 is 6.09 Å². The fourth-order valence-electron chi connectivity index (χ4n) is 2.76. The van der Waals surface area contributed by atoms with Crippen LogP contribution in [0.1, 0.15) is 58.0 Å². The van der Waals surface area contributed by atoms with E-state index >= 15 is 0 Å². The maximum absolute atomic E-state index is 11.8. The largest absolute Gasteiger partial charge is 0.449 e. The molecular weight excluding hydrogens is 294 g/mol. The molecule has 1 heterocycles. The Morgan fingerprint density at radius 3 is 2.78 bits per heavy atom. The molecule has 1 amide bonds. The second-order valence-electron chi connectivity index (χ2n) is 6.97. The van der Waals surface area contributed by atoms with Gasteiger partial charge in [-0.05, 0) is 58.6 Å². The van der Waals surface area contributed by atoms with Gasteiger partial charge in [-0.3, -0.25) is 0 Å². The summed E-state index contributed by atoms with van der Waals surface area (Å²) in [6.45, 7) is 6.16. The van der Waals surface area contributed by atoms with E-state index in [1.807, 2.05) is 32.9 Å². The average Bonchev–Trinajstić information content (AvgIpc) is 2.91. The second kappa shape index (κ2) is 7.51. The standard InChI is InChI=1S/C17H25N3O3/c1-17(2,3)23-16(21)20-13-6-4-5-12(9-13)19-11-15-8-7-14(10-18)22-15/h7-8,12-13,19H,4-6,9,11H2,1-3H3,(H,20,21)/t12-,13+/m1/s1. The third kappa shape index (κ3) is 5.95. The molecule has 2 rings (SSSR count). The third-order valence-electron chi connectivity index (χ3n) is 3.73. The molecule has 1 fully saturated rings. The number of carbonyl (C=O) groups is 1. The zero-order chi connectivity index (χ0) is 16.9. The van der Waals surface area contributed by atoms with Crippen molar-refractivity contribution in [3.63, 3.8) is 0 Å². The summed E-state index contributed by atoms with van der Waals surface area (Å²) in [6.07, 6.45) is 3.60. The van der Waals surface area contributed by atoms with Gasteiger partial charge in [-0.1, -0.05) is 0 Å². The molecule has 6 nitrogen and oxygen atoms in total. The highest BCUT2D eigenvalue weighted by Gasteiger charge is 2.25. The first-order chi connectivity index (χ1) is 10.9. The Morgan fingerprint density at radius 2 is 2.13 bits per heavy atom. The van der Waals surface area contributed by atoms with Crippen LogP contribution in [0.15, 0.2) is 16.5 Å². The lowest BCUT2D eigenvalue weighted by atomic mass is 9.91. The molecule has 1 aliphatic carbocycles.